The Labute approximate surface area is 121 Å². The lowest BCUT2D eigenvalue weighted by Crippen LogP contribution is -2.44. The highest BCUT2D eigenvalue weighted by Crippen LogP contribution is 2.14. The Bertz CT molecular complexity index is 335. The van der Waals surface area contributed by atoms with Gasteiger partial charge in [-0.2, -0.15) is 0 Å². The van der Waals surface area contributed by atoms with Gasteiger partial charge in [0.2, 0.25) is 0 Å². The minimum Gasteiger partial charge on any atom is -0.399 e. The van der Waals surface area contributed by atoms with Crippen molar-refractivity contribution in [1.29, 1.82) is 0 Å². The van der Waals surface area contributed by atoms with Crippen molar-refractivity contribution in [3.8, 4) is 0 Å². The smallest absolute Gasteiger partial charge is 0.0678 e. The fourth-order valence-corrected chi connectivity index (χ4v) is 2.29. The molecule has 2 rings (SSSR count). The fourth-order valence-electron chi connectivity index (χ4n) is 2.29. The van der Waals surface area contributed by atoms with Crippen molar-refractivity contribution in [2.75, 3.05) is 18.8 Å². The lowest BCUT2D eigenvalue weighted by molar-refractivity contribution is -0.0704. The van der Waals surface area contributed by atoms with E-state index in [1.54, 1.807) is 0 Å². The van der Waals surface area contributed by atoms with Gasteiger partial charge in [0.05, 0.1) is 12.2 Å². The second kappa shape index (κ2) is 7.85. The molecule has 0 spiro atoms. The molecule has 0 amide bonds. The average Bonchev–Trinajstić information content (AvgIpc) is 2.20. The van der Waals surface area contributed by atoms with Crippen LogP contribution in [0.2, 0.25) is 0 Å². The third-order valence-electron chi connectivity index (χ3n) is 2.88. The number of rotatable bonds is 2. The Kier molecular flexibility index (Phi) is 7.64. The summed E-state index contributed by atoms with van der Waals surface area (Å²) in [4.78, 5) is 2.43. The molecular weight excluding hydrogens is 271 g/mol. The molecule has 1 heterocycles. The molecule has 1 aromatic carbocycles. The van der Waals surface area contributed by atoms with Crippen molar-refractivity contribution >= 4 is 30.5 Å². The molecule has 0 bridgehead atoms. The molecule has 1 aliphatic rings. The van der Waals surface area contributed by atoms with Crippen molar-refractivity contribution in [2.45, 2.75) is 32.6 Å². The Hall–Kier alpha value is -0.480. The molecule has 2 unspecified atom stereocenters. The average molecular weight is 293 g/mol. The Balaban J connectivity index is 0.00000144. The zero-order valence-corrected chi connectivity index (χ0v) is 12.5. The number of nitrogen functional groups attached to an aromatic ring is 1. The van der Waals surface area contributed by atoms with Crippen LogP contribution in [0.15, 0.2) is 24.3 Å². The van der Waals surface area contributed by atoms with Crippen molar-refractivity contribution in [3.05, 3.63) is 29.8 Å². The van der Waals surface area contributed by atoms with E-state index in [-0.39, 0.29) is 24.8 Å². The van der Waals surface area contributed by atoms with Gasteiger partial charge < -0.3 is 10.5 Å². The van der Waals surface area contributed by atoms with Crippen LogP contribution in [0.4, 0.5) is 5.69 Å². The zero-order chi connectivity index (χ0) is 11.5. The molecule has 18 heavy (non-hydrogen) atoms. The number of nitrogens with zero attached hydrogens (tertiary/aromatic N) is 1. The highest BCUT2D eigenvalue weighted by atomic mass is 35.5. The van der Waals surface area contributed by atoms with Crippen molar-refractivity contribution in [3.63, 3.8) is 0 Å². The molecule has 0 saturated carbocycles. The topological polar surface area (TPSA) is 38.5 Å². The monoisotopic (exact) mass is 292 g/mol. The Morgan fingerprint density at radius 2 is 1.61 bits per heavy atom. The van der Waals surface area contributed by atoms with Crippen LogP contribution in [0.25, 0.3) is 0 Å². The molecule has 2 atom stereocenters. The first-order valence-electron chi connectivity index (χ1n) is 5.85. The molecule has 1 aromatic rings. The first kappa shape index (κ1) is 17.5. The third-order valence-corrected chi connectivity index (χ3v) is 2.88. The van der Waals surface area contributed by atoms with E-state index in [9.17, 15) is 0 Å². The molecular formula is C13H22Cl2N2O. The first-order chi connectivity index (χ1) is 7.63. The summed E-state index contributed by atoms with van der Waals surface area (Å²) in [6.45, 7) is 7.26. The molecule has 1 aliphatic heterocycles. The maximum absolute atomic E-state index is 5.71. The summed E-state index contributed by atoms with van der Waals surface area (Å²) in [7, 11) is 0. The molecule has 0 aromatic heterocycles. The summed E-state index contributed by atoms with van der Waals surface area (Å²) in [5.41, 5.74) is 7.81. The van der Waals surface area contributed by atoms with Gasteiger partial charge in [0.25, 0.3) is 0 Å². The molecule has 0 radical (unpaired) electrons. The van der Waals surface area contributed by atoms with Crippen LogP contribution in [0.5, 0.6) is 0 Å². The summed E-state index contributed by atoms with van der Waals surface area (Å²) in [6, 6.07) is 8.12. The maximum atomic E-state index is 5.71. The van der Waals surface area contributed by atoms with E-state index < -0.39 is 0 Å². The Morgan fingerprint density at radius 3 is 2.11 bits per heavy atom. The lowest BCUT2D eigenvalue weighted by Gasteiger charge is -2.35. The van der Waals surface area contributed by atoms with E-state index in [2.05, 4.69) is 30.9 Å². The highest BCUT2D eigenvalue weighted by molar-refractivity contribution is 5.85. The number of hydrogen-bond donors (Lipinski definition) is 1. The minimum absolute atomic E-state index is 0. The van der Waals surface area contributed by atoms with Crippen LogP contribution in [-0.4, -0.2) is 30.2 Å². The molecule has 3 nitrogen and oxygen atoms in total. The summed E-state index contributed by atoms with van der Waals surface area (Å²) in [6.07, 6.45) is 0.662. The fraction of sp³-hybridized carbons (Fsp3) is 0.538. The van der Waals surface area contributed by atoms with Crippen LogP contribution in [0.3, 0.4) is 0 Å². The van der Waals surface area contributed by atoms with Crippen LogP contribution in [0.1, 0.15) is 19.4 Å². The van der Waals surface area contributed by atoms with Crippen LogP contribution < -0.4 is 5.73 Å². The number of ether oxygens (including phenoxy) is 1. The number of hydrogen-bond acceptors (Lipinski definition) is 3. The maximum Gasteiger partial charge on any atom is 0.0678 e. The van der Waals surface area contributed by atoms with E-state index >= 15 is 0 Å². The number of halogens is 2. The predicted molar refractivity (Wildman–Crippen MR) is 80.6 cm³/mol. The molecule has 0 aliphatic carbocycles. The van der Waals surface area contributed by atoms with Gasteiger partial charge in [-0.3, -0.25) is 4.90 Å². The van der Waals surface area contributed by atoms with E-state index in [0.717, 1.165) is 25.3 Å². The second-order valence-electron chi connectivity index (χ2n) is 4.69. The van der Waals surface area contributed by atoms with Gasteiger partial charge in [0.1, 0.15) is 0 Å². The SMILES string of the molecule is CC1CN(Cc2ccc(N)cc2)CC(C)O1.Cl.Cl. The standard InChI is InChI=1S/C13H20N2O.2ClH/c1-10-7-15(8-11(2)16-10)9-12-3-5-13(14)6-4-12;;/h3-6,10-11H,7-9,14H2,1-2H3;2*1H. The van der Waals surface area contributed by atoms with Gasteiger partial charge in [-0.05, 0) is 31.5 Å². The van der Waals surface area contributed by atoms with Crippen molar-refractivity contribution < 1.29 is 4.74 Å². The number of nitrogens with two attached hydrogens (primary N) is 1. The van der Waals surface area contributed by atoms with Gasteiger partial charge in [-0.1, -0.05) is 12.1 Å². The van der Waals surface area contributed by atoms with Gasteiger partial charge in [-0.25, -0.2) is 0 Å². The third kappa shape index (κ3) is 5.02. The zero-order valence-electron chi connectivity index (χ0n) is 10.8. The van der Waals surface area contributed by atoms with Gasteiger partial charge in [-0.15, -0.1) is 24.8 Å². The molecule has 104 valence electrons. The van der Waals surface area contributed by atoms with Gasteiger partial charge in [0.15, 0.2) is 0 Å². The minimum atomic E-state index is 0. The second-order valence-corrected chi connectivity index (χ2v) is 4.69. The highest BCUT2D eigenvalue weighted by Gasteiger charge is 2.21. The summed E-state index contributed by atoms with van der Waals surface area (Å²) in [5, 5.41) is 0. The number of anilines is 1. The van der Waals surface area contributed by atoms with E-state index in [1.165, 1.54) is 5.56 Å². The molecule has 2 N–H and O–H groups in total. The summed E-state index contributed by atoms with van der Waals surface area (Å²) in [5.74, 6) is 0. The largest absolute Gasteiger partial charge is 0.399 e. The van der Waals surface area contributed by atoms with Gasteiger partial charge >= 0.3 is 0 Å². The number of morpholine rings is 1. The molecule has 1 fully saturated rings. The van der Waals surface area contributed by atoms with E-state index in [4.69, 9.17) is 10.5 Å². The van der Waals surface area contributed by atoms with Crippen molar-refractivity contribution in [2.24, 2.45) is 0 Å². The lowest BCUT2D eigenvalue weighted by atomic mass is 10.1. The van der Waals surface area contributed by atoms with Gasteiger partial charge in [0, 0.05) is 25.3 Å². The summed E-state index contributed by atoms with van der Waals surface area (Å²) < 4.78 is 5.71. The predicted octanol–water partition coefficient (Wildman–Crippen LogP) is 2.72. The number of benzene rings is 1. The van der Waals surface area contributed by atoms with Crippen LogP contribution >= 0.6 is 24.8 Å². The van der Waals surface area contributed by atoms with E-state index in [1.807, 2.05) is 12.1 Å². The molecule has 5 heteroatoms. The Morgan fingerprint density at radius 1 is 1.11 bits per heavy atom. The molecule has 1 saturated heterocycles. The van der Waals surface area contributed by atoms with E-state index in [0.29, 0.717) is 12.2 Å². The van der Waals surface area contributed by atoms with Crippen molar-refractivity contribution in [1.82, 2.24) is 4.90 Å². The summed E-state index contributed by atoms with van der Waals surface area (Å²) >= 11 is 0. The quantitative estimate of drug-likeness (QED) is 0.852. The first-order valence-corrected chi connectivity index (χ1v) is 5.85. The van der Waals surface area contributed by atoms with Crippen LogP contribution in [-0.2, 0) is 11.3 Å². The normalized spacial score (nSPS) is 23.9. The van der Waals surface area contributed by atoms with Crippen LogP contribution in [0, 0.1) is 0 Å².